The van der Waals surface area contributed by atoms with E-state index in [1.54, 1.807) is 16.8 Å². The molecule has 22 heavy (non-hydrogen) atoms. The fourth-order valence-electron chi connectivity index (χ4n) is 3.01. The molecule has 0 aromatic heterocycles. The van der Waals surface area contributed by atoms with Crippen LogP contribution in [0.1, 0.15) is 12.0 Å². The summed E-state index contributed by atoms with van der Waals surface area (Å²) < 4.78 is 11.0. The monoisotopic (exact) mass is 304 g/mol. The topological polar surface area (TPSA) is 59.1 Å². The summed E-state index contributed by atoms with van der Waals surface area (Å²) in [6.07, 6.45) is 0.365. The zero-order chi connectivity index (χ0) is 15.7. The van der Waals surface area contributed by atoms with E-state index >= 15 is 0 Å². The van der Waals surface area contributed by atoms with E-state index in [0.717, 1.165) is 11.3 Å². The number of benzene rings is 1. The number of hydrogen-bond acceptors (Lipinski definition) is 4. The van der Waals surface area contributed by atoms with Crippen molar-refractivity contribution in [2.24, 2.45) is 0 Å². The number of hydrogen-bond donors (Lipinski definition) is 0. The third-order valence-corrected chi connectivity index (χ3v) is 4.25. The first-order chi connectivity index (χ1) is 10.5. The Morgan fingerprint density at radius 2 is 2.14 bits per heavy atom. The number of likely N-dealkylation sites (tertiary alicyclic amines) is 1. The molecule has 0 aliphatic carbocycles. The molecule has 2 aliphatic heterocycles. The van der Waals surface area contributed by atoms with E-state index in [1.165, 1.54) is 0 Å². The summed E-state index contributed by atoms with van der Waals surface area (Å²) in [6.45, 7) is 3.52. The van der Waals surface area contributed by atoms with Crippen molar-refractivity contribution < 1.29 is 19.1 Å². The Kier molecular flexibility index (Phi) is 3.68. The first kappa shape index (κ1) is 14.7. The molecule has 0 N–H and O–H groups in total. The third kappa shape index (κ3) is 2.73. The summed E-state index contributed by atoms with van der Waals surface area (Å²) in [5.74, 6) is 0.641. The minimum absolute atomic E-state index is 0.00468. The lowest BCUT2D eigenvalue weighted by molar-refractivity contribution is -0.133. The van der Waals surface area contributed by atoms with Crippen LogP contribution in [0.4, 0.5) is 4.79 Å². The number of amides is 2. The van der Waals surface area contributed by atoms with E-state index in [-0.39, 0.29) is 18.6 Å². The van der Waals surface area contributed by atoms with Crippen LogP contribution >= 0.6 is 0 Å². The number of carbonyl (C=O) groups excluding carboxylic acids is 2. The zero-order valence-corrected chi connectivity index (χ0v) is 12.9. The Balaban J connectivity index is 1.56. The molecule has 2 heterocycles. The maximum Gasteiger partial charge on any atom is 0.410 e. The molecule has 1 atom stereocenters. The van der Waals surface area contributed by atoms with Crippen molar-refractivity contribution in [3.63, 3.8) is 0 Å². The highest BCUT2D eigenvalue weighted by Crippen LogP contribution is 2.31. The van der Waals surface area contributed by atoms with Gasteiger partial charge in [0.1, 0.15) is 5.75 Å². The fraction of sp³-hybridized carbons (Fsp3) is 0.500. The smallest absolute Gasteiger partial charge is 0.410 e. The minimum Gasteiger partial charge on any atom is -0.484 e. The van der Waals surface area contributed by atoms with Gasteiger partial charge in [-0.15, -0.1) is 0 Å². The number of aryl methyl sites for hydroxylation is 1. The molecule has 3 rings (SSSR count). The van der Waals surface area contributed by atoms with Crippen LogP contribution in [0.2, 0.25) is 0 Å². The van der Waals surface area contributed by atoms with Crippen LogP contribution in [0.25, 0.3) is 0 Å². The summed E-state index contributed by atoms with van der Waals surface area (Å²) in [5.41, 5.74) is 0.462. The van der Waals surface area contributed by atoms with Gasteiger partial charge in [-0.2, -0.15) is 0 Å². The molecular formula is C16H20N2O4. The predicted octanol–water partition coefficient (Wildman–Crippen LogP) is 1.43. The van der Waals surface area contributed by atoms with Gasteiger partial charge < -0.3 is 19.3 Å². The summed E-state index contributed by atoms with van der Waals surface area (Å²) in [7, 11) is 1.71. The molecule has 2 saturated heterocycles. The number of carbonyl (C=O) groups is 2. The SMILES string of the molecule is Cc1ccccc1OCC(=O)N1CC[C@]2(CN(C)C(=O)O2)C1. The van der Waals surface area contributed by atoms with E-state index in [0.29, 0.717) is 26.1 Å². The van der Waals surface area contributed by atoms with Crippen LogP contribution in [-0.2, 0) is 9.53 Å². The molecule has 0 radical (unpaired) electrons. The number of rotatable bonds is 3. The number of ether oxygens (including phenoxy) is 2. The number of para-hydroxylation sites is 1. The average Bonchev–Trinajstić information content (AvgIpc) is 3.01. The molecule has 1 spiro atoms. The molecule has 1 aromatic rings. The van der Waals surface area contributed by atoms with Crippen molar-refractivity contribution in [3.8, 4) is 5.75 Å². The van der Waals surface area contributed by atoms with Gasteiger partial charge in [0.15, 0.2) is 12.2 Å². The molecule has 6 heteroatoms. The Bertz CT molecular complexity index is 604. The van der Waals surface area contributed by atoms with Crippen LogP contribution in [0.5, 0.6) is 5.75 Å². The van der Waals surface area contributed by atoms with Gasteiger partial charge >= 0.3 is 6.09 Å². The standard InChI is InChI=1S/C16H20N2O4/c1-12-5-3-4-6-13(12)21-9-14(19)18-8-7-16(11-18)10-17(2)15(20)22-16/h3-6H,7-11H2,1-2H3/t16-/m0/s1. The van der Waals surface area contributed by atoms with Crippen molar-refractivity contribution in [1.82, 2.24) is 9.80 Å². The fourth-order valence-corrected chi connectivity index (χ4v) is 3.01. The minimum atomic E-state index is -0.538. The number of nitrogens with zero attached hydrogens (tertiary/aromatic N) is 2. The highest BCUT2D eigenvalue weighted by atomic mass is 16.6. The molecule has 1 aromatic carbocycles. The summed E-state index contributed by atoms with van der Waals surface area (Å²) in [6, 6.07) is 7.60. The highest BCUT2D eigenvalue weighted by Gasteiger charge is 2.49. The van der Waals surface area contributed by atoms with Gasteiger partial charge in [-0.25, -0.2) is 4.79 Å². The maximum atomic E-state index is 12.3. The molecule has 118 valence electrons. The molecular weight excluding hydrogens is 284 g/mol. The Morgan fingerprint density at radius 1 is 1.36 bits per heavy atom. The number of likely N-dealkylation sites (N-methyl/N-ethyl adjacent to an activating group) is 1. The highest BCUT2D eigenvalue weighted by molar-refractivity contribution is 5.78. The van der Waals surface area contributed by atoms with Gasteiger partial charge in [0, 0.05) is 20.0 Å². The Morgan fingerprint density at radius 3 is 2.82 bits per heavy atom. The van der Waals surface area contributed by atoms with Gasteiger partial charge in [-0.05, 0) is 18.6 Å². The largest absolute Gasteiger partial charge is 0.484 e. The average molecular weight is 304 g/mol. The lowest BCUT2D eigenvalue weighted by Gasteiger charge is -2.22. The second kappa shape index (κ2) is 5.51. The van der Waals surface area contributed by atoms with Gasteiger partial charge in [-0.3, -0.25) is 4.79 Å². The van der Waals surface area contributed by atoms with Crippen LogP contribution < -0.4 is 4.74 Å². The van der Waals surface area contributed by atoms with Gasteiger partial charge in [-0.1, -0.05) is 18.2 Å². The third-order valence-electron chi connectivity index (χ3n) is 4.25. The van der Waals surface area contributed by atoms with Crippen LogP contribution in [0.15, 0.2) is 24.3 Å². The second-order valence-corrected chi connectivity index (χ2v) is 6.03. The Hall–Kier alpha value is -2.24. The van der Waals surface area contributed by atoms with E-state index in [1.807, 2.05) is 31.2 Å². The van der Waals surface area contributed by atoms with E-state index in [4.69, 9.17) is 9.47 Å². The first-order valence-corrected chi connectivity index (χ1v) is 7.39. The zero-order valence-electron chi connectivity index (χ0n) is 12.9. The van der Waals surface area contributed by atoms with Gasteiger partial charge in [0.05, 0.1) is 13.1 Å². The van der Waals surface area contributed by atoms with Crippen LogP contribution in [0.3, 0.4) is 0 Å². The van der Waals surface area contributed by atoms with Crippen molar-refractivity contribution in [2.45, 2.75) is 18.9 Å². The lowest BCUT2D eigenvalue weighted by Crippen LogP contribution is -2.40. The molecule has 2 fully saturated rings. The van der Waals surface area contributed by atoms with Crippen molar-refractivity contribution in [2.75, 3.05) is 33.3 Å². The second-order valence-electron chi connectivity index (χ2n) is 6.03. The van der Waals surface area contributed by atoms with Crippen molar-refractivity contribution >= 4 is 12.0 Å². The van der Waals surface area contributed by atoms with Gasteiger partial charge in [0.25, 0.3) is 5.91 Å². The summed E-state index contributed by atoms with van der Waals surface area (Å²) in [4.78, 5) is 27.1. The summed E-state index contributed by atoms with van der Waals surface area (Å²) >= 11 is 0. The van der Waals surface area contributed by atoms with E-state index < -0.39 is 5.60 Å². The van der Waals surface area contributed by atoms with E-state index in [9.17, 15) is 9.59 Å². The van der Waals surface area contributed by atoms with Gasteiger partial charge in [0.2, 0.25) is 0 Å². The van der Waals surface area contributed by atoms with Crippen molar-refractivity contribution in [3.05, 3.63) is 29.8 Å². The van der Waals surface area contributed by atoms with Crippen molar-refractivity contribution in [1.29, 1.82) is 0 Å². The predicted molar refractivity (Wildman–Crippen MR) is 79.7 cm³/mol. The molecule has 0 saturated carbocycles. The van der Waals surface area contributed by atoms with E-state index in [2.05, 4.69) is 0 Å². The molecule has 6 nitrogen and oxygen atoms in total. The quantitative estimate of drug-likeness (QED) is 0.847. The summed E-state index contributed by atoms with van der Waals surface area (Å²) in [5, 5.41) is 0. The molecule has 2 aliphatic rings. The first-order valence-electron chi connectivity index (χ1n) is 7.39. The molecule has 0 unspecified atom stereocenters. The Labute approximate surface area is 129 Å². The normalized spacial score (nSPS) is 24.0. The maximum absolute atomic E-state index is 12.3. The lowest BCUT2D eigenvalue weighted by atomic mass is 10.0. The molecule has 2 amide bonds. The van der Waals surface area contributed by atoms with Crippen LogP contribution in [0, 0.1) is 6.92 Å². The molecule has 0 bridgehead atoms. The van der Waals surface area contributed by atoms with Crippen LogP contribution in [-0.4, -0.2) is 60.7 Å².